The second kappa shape index (κ2) is 6.59. The molecule has 7 nitrogen and oxygen atoms in total. The van der Waals surface area contributed by atoms with E-state index in [2.05, 4.69) is 5.32 Å². The van der Waals surface area contributed by atoms with Crippen molar-refractivity contribution in [3.8, 4) is 17.2 Å². The summed E-state index contributed by atoms with van der Waals surface area (Å²) in [6.07, 6.45) is -0.765. The Morgan fingerprint density at radius 1 is 1.12 bits per heavy atom. The summed E-state index contributed by atoms with van der Waals surface area (Å²) in [5.74, 6) is 1.19. The van der Waals surface area contributed by atoms with Crippen LogP contribution in [0.3, 0.4) is 0 Å². The van der Waals surface area contributed by atoms with E-state index in [4.69, 9.17) is 14.2 Å². The molecular formula is C19H18N2O5. The maximum absolute atomic E-state index is 12.5. The first-order valence-electron chi connectivity index (χ1n) is 8.33. The molecule has 2 aromatic carbocycles. The highest BCUT2D eigenvalue weighted by Gasteiger charge is 2.28. The normalized spacial score (nSPS) is 18.4. The maximum atomic E-state index is 12.5. The third-order valence-electron chi connectivity index (χ3n) is 4.31. The Labute approximate surface area is 150 Å². The van der Waals surface area contributed by atoms with E-state index >= 15 is 0 Å². The number of carbonyl (C=O) groups is 2. The average molecular weight is 354 g/mol. The van der Waals surface area contributed by atoms with Gasteiger partial charge in [-0.2, -0.15) is 0 Å². The first-order chi connectivity index (χ1) is 12.6. The van der Waals surface area contributed by atoms with Gasteiger partial charge in [0.1, 0.15) is 19.0 Å². The largest absolute Gasteiger partial charge is 0.491 e. The number of para-hydroxylation sites is 2. The van der Waals surface area contributed by atoms with E-state index in [0.29, 0.717) is 41.7 Å². The fraction of sp³-hybridized carbons (Fsp3) is 0.263. The van der Waals surface area contributed by atoms with E-state index in [1.807, 2.05) is 12.1 Å². The zero-order valence-electron chi connectivity index (χ0n) is 14.2. The number of carbonyl (C=O) groups excluding carboxylic acids is 2. The van der Waals surface area contributed by atoms with Gasteiger partial charge in [-0.05, 0) is 30.3 Å². The van der Waals surface area contributed by atoms with Gasteiger partial charge in [0.05, 0.1) is 12.1 Å². The summed E-state index contributed by atoms with van der Waals surface area (Å²) < 4.78 is 16.9. The molecule has 7 heteroatoms. The predicted octanol–water partition coefficient (Wildman–Crippen LogP) is 1.93. The van der Waals surface area contributed by atoms with Gasteiger partial charge in [-0.1, -0.05) is 12.1 Å². The highest BCUT2D eigenvalue weighted by atomic mass is 16.6. The summed E-state index contributed by atoms with van der Waals surface area (Å²) in [6.45, 7) is 1.08. The molecule has 2 amide bonds. The van der Waals surface area contributed by atoms with Crippen molar-refractivity contribution in [1.82, 2.24) is 4.90 Å². The molecule has 2 aromatic rings. The molecule has 26 heavy (non-hydrogen) atoms. The number of nitrogens with zero attached hydrogens (tertiary/aromatic N) is 1. The lowest BCUT2D eigenvalue weighted by molar-refractivity contribution is -0.125. The minimum atomic E-state index is -0.765. The van der Waals surface area contributed by atoms with Gasteiger partial charge in [-0.25, -0.2) is 0 Å². The quantitative estimate of drug-likeness (QED) is 0.892. The summed E-state index contributed by atoms with van der Waals surface area (Å²) in [4.78, 5) is 26.5. The van der Waals surface area contributed by atoms with Crippen molar-refractivity contribution in [2.75, 3.05) is 32.1 Å². The molecule has 0 spiro atoms. The molecule has 2 aliphatic heterocycles. The highest BCUT2D eigenvalue weighted by molar-refractivity contribution is 6.00. The first kappa shape index (κ1) is 16.3. The molecule has 0 fully saturated rings. The minimum Gasteiger partial charge on any atom is -0.491 e. The summed E-state index contributed by atoms with van der Waals surface area (Å²) >= 11 is 0. The van der Waals surface area contributed by atoms with Crippen LogP contribution in [0.1, 0.15) is 10.4 Å². The maximum Gasteiger partial charge on any atom is 0.269 e. The number of hydrogen-bond donors (Lipinski definition) is 1. The van der Waals surface area contributed by atoms with Crippen molar-refractivity contribution < 1.29 is 23.8 Å². The number of rotatable bonds is 2. The van der Waals surface area contributed by atoms with E-state index in [-0.39, 0.29) is 18.4 Å². The van der Waals surface area contributed by atoms with Gasteiger partial charge in [0.2, 0.25) is 6.10 Å². The predicted molar refractivity (Wildman–Crippen MR) is 93.9 cm³/mol. The summed E-state index contributed by atoms with van der Waals surface area (Å²) in [5.41, 5.74) is 0.928. The van der Waals surface area contributed by atoms with Crippen molar-refractivity contribution in [2.45, 2.75) is 6.10 Å². The number of anilines is 1. The number of amides is 2. The number of ether oxygens (including phenoxy) is 3. The molecule has 1 atom stereocenters. The molecule has 0 bridgehead atoms. The smallest absolute Gasteiger partial charge is 0.269 e. The Kier molecular flexibility index (Phi) is 4.12. The van der Waals surface area contributed by atoms with Crippen LogP contribution in [-0.4, -0.2) is 49.6 Å². The fourth-order valence-electron chi connectivity index (χ4n) is 2.87. The lowest BCUT2D eigenvalue weighted by Crippen LogP contribution is -2.40. The third-order valence-corrected chi connectivity index (χ3v) is 4.31. The average Bonchev–Trinajstić information content (AvgIpc) is 2.80. The molecule has 0 saturated heterocycles. The van der Waals surface area contributed by atoms with Crippen LogP contribution in [0, 0.1) is 0 Å². The second-order valence-electron chi connectivity index (χ2n) is 6.14. The Bertz CT molecular complexity index is 867. The number of benzene rings is 2. The monoisotopic (exact) mass is 354 g/mol. The van der Waals surface area contributed by atoms with Gasteiger partial charge >= 0.3 is 0 Å². The van der Waals surface area contributed by atoms with Crippen LogP contribution in [0.4, 0.5) is 5.69 Å². The molecule has 0 saturated carbocycles. The molecule has 0 aliphatic carbocycles. The molecule has 2 aliphatic rings. The van der Waals surface area contributed by atoms with Crippen molar-refractivity contribution >= 4 is 17.5 Å². The molecule has 0 radical (unpaired) electrons. The SMILES string of the molecule is CN1CCOc2ccc(NC(=O)C3COc4ccccc4O3)cc2C1=O. The van der Waals surface area contributed by atoms with Crippen LogP contribution in [-0.2, 0) is 4.79 Å². The molecular weight excluding hydrogens is 336 g/mol. The first-order valence-corrected chi connectivity index (χ1v) is 8.33. The second-order valence-corrected chi connectivity index (χ2v) is 6.14. The molecule has 1 unspecified atom stereocenters. The van der Waals surface area contributed by atoms with Gasteiger partial charge < -0.3 is 24.4 Å². The van der Waals surface area contributed by atoms with E-state index in [9.17, 15) is 9.59 Å². The standard InChI is InChI=1S/C19H18N2O5/c1-21-8-9-24-14-7-6-12(10-13(14)19(21)23)20-18(22)17-11-25-15-4-2-3-5-16(15)26-17/h2-7,10,17H,8-9,11H2,1H3,(H,20,22). The number of nitrogens with one attached hydrogen (secondary N) is 1. The van der Waals surface area contributed by atoms with Crippen LogP contribution < -0.4 is 19.5 Å². The van der Waals surface area contributed by atoms with Crippen molar-refractivity contribution in [2.24, 2.45) is 0 Å². The Balaban J connectivity index is 1.50. The minimum absolute atomic E-state index is 0.124. The summed E-state index contributed by atoms with van der Waals surface area (Å²) in [5, 5.41) is 2.78. The zero-order valence-corrected chi connectivity index (χ0v) is 14.2. The number of likely N-dealkylation sites (N-methyl/N-ethyl adjacent to an activating group) is 1. The van der Waals surface area contributed by atoms with Crippen LogP contribution in [0.25, 0.3) is 0 Å². The zero-order chi connectivity index (χ0) is 18.1. The van der Waals surface area contributed by atoms with Crippen molar-refractivity contribution in [3.05, 3.63) is 48.0 Å². The molecule has 0 aromatic heterocycles. The Morgan fingerprint density at radius 2 is 1.92 bits per heavy atom. The van der Waals surface area contributed by atoms with Gasteiger partial charge in [0, 0.05) is 12.7 Å². The topological polar surface area (TPSA) is 77.1 Å². The van der Waals surface area contributed by atoms with Gasteiger partial charge in [0.15, 0.2) is 11.5 Å². The third kappa shape index (κ3) is 3.03. The molecule has 1 N–H and O–H groups in total. The van der Waals surface area contributed by atoms with Gasteiger partial charge in [0.25, 0.3) is 11.8 Å². The van der Waals surface area contributed by atoms with E-state index in [0.717, 1.165) is 0 Å². The molecule has 2 heterocycles. The Hall–Kier alpha value is -3.22. The van der Waals surface area contributed by atoms with Crippen molar-refractivity contribution in [1.29, 1.82) is 0 Å². The number of fused-ring (bicyclic) bond motifs is 2. The fourth-order valence-corrected chi connectivity index (χ4v) is 2.87. The van der Waals surface area contributed by atoms with Crippen LogP contribution >= 0.6 is 0 Å². The van der Waals surface area contributed by atoms with Crippen LogP contribution in [0.5, 0.6) is 17.2 Å². The van der Waals surface area contributed by atoms with E-state index in [1.54, 1.807) is 42.3 Å². The lowest BCUT2D eigenvalue weighted by Gasteiger charge is -2.25. The highest BCUT2D eigenvalue weighted by Crippen LogP contribution is 2.31. The van der Waals surface area contributed by atoms with Crippen LogP contribution in [0.2, 0.25) is 0 Å². The van der Waals surface area contributed by atoms with Gasteiger partial charge in [-0.15, -0.1) is 0 Å². The molecule has 4 rings (SSSR count). The summed E-state index contributed by atoms with van der Waals surface area (Å²) in [6, 6.07) is 12.2. The summed E-state index contributed by atoms with van der Waals surface area (Å²) in [7, 11) is 1.72. The number of hydrogen-bond acceptors (Lipinski definition) is 5. The lowest BCUT2D eigenvalue weighted by atomic mass is 10.1. The van der Waals surface area contributed by atoms with E-state index in [1.165, 1.54) is 0 Å². The Morgan fingerprint density at radius 3 is 2.77 bits per heavy atom. The van der Waals surface area contributed by atoms with Crippen molar-refractivity contribution in [3.63, 3.8) is 0 Å². The van der Waals surface area contributed by atoms with Gasteiger partial charge in [-0.3, -0.25) is 9.59 Å². The van der Waals surface area contributed by atoms with Crippen LogP contribution in [0.15, 0.2) is 42.5 Å². The van der Waals surface area contributed by atoms with E-state index < -0.39 is 6.10 Å². The molecule has 134 valence electrons.